The van der Waals surface area contributed by atoms with Crippen LogP contribution in [0.2, 0.25) is 0 Å². The predicted molar refractivity (Wildman–Crippen MR) is 188 cm³/mol. The molecule has 242 valence electrons. The minimum atomic E-state index is -3.95. The maximum Gasteiger partial charge on any atom is 0.407 e. The highest BCUT2D eigenvalue weighted by Crippen LogP contribution is 2.34. The molecule has 1 saturated heterocycles. The van der Waals surface area contributed by atoms with E-state index >= 15 is 0 Å². The number of piperidine rings is 1. The summed E-state index contributed by atoms with van der Waals surface area (Å²) in [5.41, 5.74) is 3.04. The molecule has 0 saturated carbocycles. The Morgan fingerprint density at radius 2 is 1.32 bits per heavy atom. The lowest BCUT2D eigenvalue weighted by atomic mass is 9.93. The molecule has 1 amide bonds. The fourth-order valence-corrected chi connectivity index (χ4v) is 8.50. The summed E-state index contributed by atoms with van der Waals surface area (Å²) in [6.07, 6.45) is 1.30. The summed E-state index contributed by atoms with van der Waals surface area (Å²) in [4.78, 5) is 16.6. The number of nitrogens with zero attached hydrogens (tertiary/aromatic N) is 3. The third kappa shape index (κ3) is 7.84. The average molecular weight is 648 g/mol. The Morgan fingerprint density at radius 3 is 1.94 bits per heavy atom. The molecule has 2 atom stereocenters. The van der Waals surface area contributed by atoms with Crippen LogP contribution in [0.5, 0.6) is 0 Å². The highest BCUT2D eigenvalue weighted by atomic mass is 32.2. The summed E-state index contributed by atoms with van der Waals surface area (Å²) < 4.78 is 30.4. The zero-order valence-corrected chi connectivity index (χ0v) is 27.3. The maximum atomic E-state index is 14.4. The van der Waals surface area contributed by atoms with Crippen LogP contribution in [-0.4, -0.2) is 54.6 Å². The van der Waals surface area contributed by atoms with Crippen molar-refractivity contribution < 1.29 is 18.3 Å². The van der Waals surface area contributed by atoms with Gasteiger partial charge in [0, 0.05) is 31.7 Å². The van der Waals surface area contributed by atoms with Crippen LogP contribution in [0.4, 0.5) is 10.5 Å². The Hall–Kier alpha value is -4.66. The molecule has 0 bridgehead atoms. The fourth-order valence-electron chi connectivity index (χ4n) is 6.78. The van der Waals surface area contributed by atoms with Gasteiger partial charge in [-0.3, -0.25) is 9.21 Å². The lowest BCUT2D eigenvalue weighted by Gasteiger charge is -2.43. The van der Waals surface area contributed by atoms with Crippen molar-refractivity contribution in [3.63, 3.8) is 0 Å². The van der Waals surface area contributed by atoms with E-state index in [1.807, 2.05) is 97.1 Å². The zero-order chi connectivity index (χ0) is 32.6. The second-order valence-corrected chi connectivity index (χ2v) is 14.1. The summed E-state index contributed by atoms with van der Waals surface area (Å²) in [5.74, 6) is 0. The number of likely N-dealkylation sites (tertiary alicyclic amines) is 1. The number of benzene rings is 5. The quantitative estimate of drug-likeness (QED) is 0.148. The summed E-state index contributed by atoms with van der Waals surface area (Å²) in [6.45, 7) is 2.64. The molecule has 1 N–H and O–H groups in total. The van der Waals surface area contributed by atoms with Gasteiger partial charge in [-0.15, -0.1) is 0 Å². The van der Waals surface area contributed by atoms with Crippen molar-refractivity contribution in [2.75, 3.05) is 17.4 Å². The van der Waals surface area contributed by atoms with E-state index < -0.39 is 16.1 Å². The first-order valence-electron chi connectivity index (χ1n) is 16.3. The molecule has 47 heavy (non-hydrogen) atoms. The molecule has 0 radical (unpaired) electrons. The van der Waals surface area contributed by atoms with Gasteiger partial charge in [0.1, 0.15) is 0 Å². The van der Waals surface area contributed by atoms with Gasteiger partial charge in [-0.05, 0) is 78.4 Å². The van der Waals surface area contributed by atoms with E-state index in [-0.39, 0.29) is 23.5 Å². The topological polar surface area (TPSA) is 81.2 Å². The van der Waals surface area contributed by atoms with Crippen LogP contribution < -0.4 is 4.31 Å². The van der Waals surface area contributed by atoms with Crippen molar-refractivity contribution in [2.45, 2.75) is 55.8 Å². The molecule has 7 nitrogen and oxygen atoms in total. The van der Waals surface area contributed by atoms with Crippen LogP contribution in [-0.2, 0) is 23.1 Å². The highest BCUT2D eigenvalue weighted by Gasteiger charge is 2.39. The minimum Gasteiger partial charge on any atom is -0.465 e. The Morgan fingerprint density at radius 1 is 0.745 bits per heavy atom. The van der Waals surface area contributed by atoms with E-state index in [1.54, 1.807) is 16.4 Å². The van der Waals surface area contributed by atoms with Gasteiger partial charge in [0.05, 0.1) is 10.6 Å². The number of rotatable bonds is 12. The number of hydrogen-bond acceptors (Lipinski definition) is 4. The highest BCUT2D eigenvalue weighted by molar-refractivity contribution is 7.92. The third-order valence-corrected chi connectivity index (χ3v) is 10.9. The minimum absolute atomic E-state index is 0.231. The Kier molecular flexibility index (Phi) is 10.2. The lowest BCUT2D eigenvalue weighted by molar-refractivity contribution is 0.0957. The Bertz CT molecular complexity index is 1830. The Balaban J connectivity index is 1.23. The molecule has 1 aliphatic heterocycles. The summed E-state index contributed by atoms with van der Waals surface area (Å²) in [7, 11) is -3.95. The van der Waals surface area contributed by atoms with Crippen LogP contribution in [0.25, 0.3) is 10.8 Å². The standard InChI is InChI=1S/C39H41N3O4S/c43-39(44)41-26-24-37(28-36(41)21-12-25-40(29-31-13-4-1-5-14-31)30-32-15-6-2-7-16-32)42(35-19-8-3-9-20-35)47(45,46)38-23-22-33-17-10-11-18-34(33)27-38/h1-11,13-20,22-23,27,36-37H,12,21,24-26,28-30H2,(H,43,44)/t36?,37-/m0/s1. The molecule has 1 aliphatic rings. The number of carboxylic acid groups (broad SMARTS) is 1. The molecule has 1 unspecified atom stereocenters. The van der Waals surface area contributed by atoms with Crippen LogP contribution >= 0.6 is 0 Å². The molecule has 0 aliphatic carbocycles. The van der Waals surface area contributed by atoms with Gasteiger partial charge in [0.25, 0.3) is 10.0 Å². The number of amides is 1. The van der Waals surface area contributed by atoms with Crippen molar-refractivity contribution in [2.24, 2.45) is 0 Å². The second kappa shape index (κ2) is 14.8. The fraction of sp³-hybridized carbons (Fsp3) is 0.256. The van der Waals surface area contributed by atoms with E-state index in [1.165, 1.54) is 16.0 Å². The van der Waals surface area contributed by atoms with E-state index in [4.69, 9.17) is 0 Å². The van der Waals surface area contributed by atoms with E-state index in [0.29, 0.717) is 24.9 Å². The van der Waals surface area contributed by atoms with Gasteiger partial charge in [-0.25, -0.2) is 13.2 Å². The van der Waals surface area contributed by atoms with Gasteiger partial charge in [-0.1, -0.05) is 109 Å². The van der Waals surface area contributed by atoms with Crippen molar-refractivity contribution >= 4 is 32.6 Å². The molecule has 5 aromatic carbocycles. The monoisotopic (exact) mass is 647 g/mol. The average Bonchev–Trinajstić information content (AvgIpc) is 3.09. The molecule has 6 rings (SSSR count). The largest absolute Gasteiger partial charge is 0.465 e. The van der Waals surface area contributed by atoms with Crippen LogP contribution in [0.3, 0.4) is 0 Å². The Labute approximate surface area is 277 Å². The van der Waals surface area contributed by atoms with Crippen molar-refractivity contribution in [3.05, 3.63) is 145 Å². The molecule has 0 spiro atoms. The predicted octanol–water partition coefficient (Wildman–Crippen LogP) is 8.03. The molecular weight excluding hydrogens is 607 g/mol. The van der Waals surface area contributed by atoms with Crippen LogP contribution in [0.15, 0.2) is 138 Å². The number of carbonyl (C=O) groups is 1. The normalized spacial score (nSPS) is 16.7. The van der Waals surface area contributed by atoms with Gasteiger partial charge in [0.15, 0.2) is 0 Å². The number of fused-ring (bicyclic) bond motifs is 1. The van der Waals surface area contributed by atoms with E-state index in [9.17, 15) is 18.3 Å². The lowest BCUT2D eigenvalue weighted by Crippen LogP contribution is -2.53. The molecule has 1 fully saturated rings. The van der Waals surface area contributed by atoms with Gasteiger partial charge in [0.2, 0.25) is 0 Å². The third-order valence-electron chi connectivity index (χ3n) is 9.06. The first kappa shape index (κ1) is 32.3. The number of sulfonamides is 1. The molecule has 8 heteroatoms. The van der Waals surface area contributed by atoms with Crippen molar-refractivity contribution in [1.29, 1.82) is 0 Å². The molecular formula is C39H41N3O4S. The summed E-state index contributed by atoms with van der Waals surface area (Å²) in [6, 6.07) is 42.2. The summed E-state index contributed by atoms with van der Waals surface area (Å²) >= 11 is 0. The number of para-hydroxylation sites is 1. The van der Waals surface area contributed by atoms with E-state index in [0.717, 1.165) is 36.8 Å². The van der Waals surface area contributed by atoms with Crippen LogP contribution in [0, 0.1) is 0 Å². The molecule has 5 aromatic rings. The number of hydrogen-bond donors (Lipinski definition) is 1. The SMILES string of the molecule is O=C(O)N1CC[C@H](N(c2ccccc2)S(=O)(=O)c2ccc3ccccc3c2)CC1CCCN(Cc1ccccc1)Cc1ccccc1. The van der Waals surface area contributed by atoms with Crippen molar-refractivity contribution in [3.8, 4) is 0 Å². The smallest absolute Gasteiger partial charge is 0.407 e. The summed E-state index contributed by atoms with van der Waals surface area (Å²) in [5, 5.41) is 12.0. The van der Waals surface area contributed by atoms with Gasteiger partial charge < -0.3 is 10.0 Å². The molecule has 1 heterocycles. The maximum absolute atomic E-state index is 14.4. The van der Waals surface area contributed by atoms with Gasteiger partial charge in [-0.2, -0.15) is 0 Å². The van der Waals surface area contributed by atoms with Crippen LogP contribution in [0.1, 0.15) is 36.8 Å². The zero-order valence-electron chi connectivity index (χ0n) is 26.4. The number of anilines is 1. The van der Waals surface area contributed by atoms with Gasteiger partial charge >= 0.3 is 6.09 Å². The molecule has 0 aromatic heterocycles. The first-order valence-corrected chi connectivity index (χ1v) is 17.7. The van der Waals surface area contributed by atoms with Crippen molar-refractivity contribution in [1.82, 2.24) is 9.80 Å². The van der Waals surface area contributed by atoms with E-state index in [2.05, 4.69) is 29.2 Å². The second-order valence-electron chi connectivity index (χ2n) is 12.3. The first-order chi connectivity index (χ1) is 22.9.